The number of nitrogens with one attached hydrogen (secondary N) is 1. The zero-order chi connectivity index (χ0) is 8.20. The molecule has 10 heavy (non-hydrogen) atoms. The molecule has 0 aliphatic heterocycles. The van der Waals surface area contributed by atoms with Gasteiger partial charge in [-0.1, -0.05) is 18.9 Å². The van der Waals surface area contributed by atoms with Gasteiger partial charge in [0.1, 0.15) is 6.07 Å². The van der Waals surface area contributed by atoms with Crippen LogP contribution in [-0.2, 0) is 10.0 Å². The lowest BCUT2D eigenvalue weighted by Gasteiger charge is -1.95. The number of hydrogen-bond acceptors (Lipinski definition) is 4. The van der Waals surface area contributed by atoms with Gasteiger partial charge in [-0.3, -0.25) is 0 Å². The first kappa shape index (κ1) is 9.49. The van der Waals surface area contributed by atoms with Crippen molar-refractivity contribution < 1.29 is 8.42 Å². The van der Waals surface area contributed by atoms with Gasteiger partial charge in [-0.25, -0.2) is 8.42 Å². The molecule has 0 rings (SSSR count). The van der Waals surface area contributed by atoms with Gasteiger partial charge in [0, 0.05) is 0 Å². The summed E-state index contributed by atoms with van der Waals surface area (Å²) in [5, 5.41) is 8.22. The Morgan fingerprint density at radius 1 is 1.80 bits per heavy atom. The Balaban J connectivity index is 4.87. The summed E-state index contributed by atoms with van der Waals surface area (Å²) in [4.78, 5) is -0.331. The first-order valence-electron chi connectivity index (χ1n) is 2.30. The van der Waals surface area contributed by atoms with Gasteiger partial charge in [-0.2, -0.15) is 9.39 Å². The molecule has 0 heterocycles. The first-order chi connectivity index (χ1) is 4.58. The van der Waals surface area contributed by atoms with Crippen LogP contribution in [0.5, 0.6) is 0 Å². The van der Waals surface area contributed by atoms with Gasteiger partial charge in [-0.05, 0) is 6.92 Å². The van der Waals surface area contributed by atoms with Crippen molar-refractivity contribution in [3.05, 3.63) is 11.0 Å². The van der Waals surface area contributed by atoms with E-state index in [4.69, 9.17) is 5.26 Å². The van der Waals surface area contributed by atoms with E-state index >= 15 is 0 Å². The summed E-state index contributed by atoms with van der Waals surface area (Å²) >= 11 is 3.32. The maximum Gasteiger partial charge on any atom is 0.259 e. The molecule has 0 aromatic rings. The van der Waals surface area contributed by atoms with Crippen LogP contribution in [0.2, 0.25) is 0 Å². The third-order valence-corrected chi connectivity index (χ3v) is 2.65. The number of rotatable bonds is 2. The monoisotopic (exact) mass is 178 g/mol. The number of nitrogens with zero attached hydrogens (tertiary/aromatic N) is 1. The van der Waals surface area contributed by atoms with Crippen molar-refractivity contribution in [1.29, 1.82) is 5.26 Å². The fourth-order valence-electron chi connectivity index (χ4n) is 0.329. The zero-order valence-electron chi connectivity index (χ0n) is 5.20. The van der Waals surface area contributed by atoms with Gasteiger partial charge in [0.15, 0.2) is 4.91 Å². The molecule has 0 fully saturated rings. The third kappa shape index (κ3) is 2.02. The normalized spacial score (nSPS) is 12.7. The molecule has 4 nitrogen and oxygen atoms in total. The van der Waals surface area contributed by atoms with E-state index in [1.54, 1.807) is 4.13 Å². The molecular weight excluding hydrogens is 172 g/mol. The van der Waals surface area contributed by atoms with Crippen molar-refractivity contribution in [2.24, 2.45) is 0 Å². The predicted molar refractivity (Wildman–Crippen MR) is 40.4 cm³/mol. The van der Waals surface area contributed by atoms with Gasteiger partial charge in [0.2, 0.25) is 0 Å². The summed E-state index contributed by atoms with van der Waals surface area (Å²) in [7, 11) is -3.65. The number of sulfonamides is 1. The van der Waals surface area contributed by atoms with Crippen LogP contribution >= 0.6 is 12.8 Å². The molecular formula is C4H6N2O2S2. The minimum atomic E-state index is -3.65. The summed E-state index contributed by atoms with van der Waals surface area (Å²) in [6.45, 7) is 1.46. The maximum atomic E-state index is 10.7. The van der Waals surface area contributed by atoms with Crippen molar-refractivity contribution in [2.75, 3.05) is 0 Å². The lowest BCUT2D eigenvalue weighted by molar-refractivity contribution is 0.602. The Morgan fingerprint density at radius 2 is 2.30 bits per heavy atom. The van der Waals surface area contributed by atoms with Crippen LogP contribution in [0.25, 0.3) is 0 Å². The Kier molecular flexibility index (Phi) is 3.42. The van der Waals surface area contributed by atoms with E-state index in [2.05, 4.69) is 12.8 Å². The van der Waals surface area contributed by atoms with Crippen LogP contribution in [-0.4, -0.2) is 8.42 Å². The molecule has 1 N–H and O–H groups in total. The van der Waals surface area contributed by atoms with Crippen LogP contribution in [0, 0.1) is 11.3 Å². The fraction of sp³-hybridized carbons (Fsp3) is 0.250. The summed E-state index contributed by atoms with van der Waals surface area (Å²) < 4.78 is 23.1. The highest BCUT2D eigenvalue weighted by atomic mass is 32.3. The smallest absolute Gasteiger partial charge is 0.206 e. The van der Waals surface area contributed by atoms with Crippen molar-refractivity contribution >= 4 is 22.8 Å². The highest BCUT2D eigenvalue weighted by Crippen LogP contribution is 2.01. The lowest BCUT2D eigenvalue weighted by atomic mass is 10.6. The van der Waals surface area contributed by atoms with E-state index < -0.39 is 10.0 Å². The van der Waals surface area contributed by atoms with Gasteiger partial charge < -0.3 is 0 Å². The molecule has 56 valence electrons. The summed E-state index contributed by atoms with van der Waals surface area (Å²) in [6.07, 6.45) is 1.19. The molecule has 0 spiro atoms. The van der Waals surface area contributed by atoms with Crippen molar-refractivity contribution in [3.63, 3.8) is 0 Å². The second kappa shape index (κ2) is 3.61. The second-order valence-electron chi connectivity index (χ2n) is 1.36. The molecule has 6 heteroatoms. The van der Waals surface area contributed by atoms with Crippen molar-refractivity contribution in [1.82, 2.24) is 4.13 Å². The Labute approximate surface area is 65.1 Å². The minimum absolute atomic E-state index is 0.331. The Hall–Kier alpha value is -0.510. The molecule has 0 aromatic carbocycles. The van der Waals surface area contributed by atoms with Crippen LogP contribution in [0.4, 0.5) is 0 Å². The molecule has 0 aliphatic rings. The Morgan fingerprint density at radius 3 is 2.40 bits per heavy atom. The van der Waals surface area contributed by atoms with Crippen LogP contribution < -0.4 is 4.13 Å². The average molecular weight is 178 g/mol. The van der Waals surface area contributed by atoms with Crippen molar-refractivity contribution in [2.45, 2.75) is 6.92 Å². The summed E-state index contributed by atoms with van der Waals surface area (Å²) in [5.74, 6) is 0. The van der Waals surface area contributed by atoms with E-state index in [9.17, 15) is 8.42 Å². The molecule has 0 radical (unpaired) electrons. The second-order valence-corrected chi connectivity index (χ2v) is 3.54. The highest BCUT2D eigenvalue weighted by Gasteiger charge is 2.12. The fourth-order valence-corrected chi connectivity index (χ4v) is 1.15. The van der Waals surface area contributed by atoms with Crippen molar-refractivity contribution in [3.8, 4) is 6.07 Å². The molecule has 0 atom stereocenters. The number of nitriles is 1. The quantitative estimate of drug-likeness (QED) is 0.468. The number of allylic oxidation sites excluding steroid dienone is 2. The number of hydrogen-bond donors (Lipinski definition) is 2. The minimum Gasteiger partial charge on any atom is -0.206 e. The maximum absolute atomic E-state index is 10.7. The number of thiol groups is 1. The topological polar surface area (TPSA) is 70.0 Å². The summed E-state index contributed by atoms with van der Waals surface area (Å²) in [6, 6.07) is 1.50. The van der Waals surface area contributed by atoms with Gasteiger partial charge in [0.25, 0.3) is 10.0 Å². The van der Waals surface area contributed by atoms with Crippen LogP contribution in [0.3, 0.4) is 0 Å². The molecule has 0 aromatic heterocycles. The van der Waals surface area contributed by atoms with Gasteiger partial charge in [0.05, 0.1) is 0 Å². The standard InChI is InChI=1S/C4H6N2O2S2/c1-2-4(3-5)10(7,8)6-9/h2,6,9H,1H3/b4-2+. The first-order valence-corrected chi connectivity index (χ1v) is 4.24. The Bertz CT molecular complexity index is 272. The molecule has 0 saturated carbocycles. The van der Waals surface area contributed by atoms with E-state index in [-0.39, 0.29) is 4.91 Å². The lowest BCUT2D eigenvalue weighted by Crippen LogP contribution is -2.14. The van der Waals surface area contributed by atoms with Crippen LogP contribution in [0.1, 0.15) is 6.92 Å². The van der Waals surface area contributed by atoms with E-state index in [0.717, 1.165) is 0 Å². The zero-order valence-corrected chi connectivity index (χ0v) is 6.91. The molecule has 0 aliphatic carbocycles. The van der Waals surface area contributed by atoms with E-state index in [1.807, 2.05) is 0 Å². The SMILES string of the molecule is C/C=C(\C#N)S(=O)(=O)NS. The van der Waals surface area contributed by atoms with E-state index in [1.165, 1.54) is 19.1 Å². The predicted octanol–water partition coefficient (Wildman–Crippen LogP) is 0.178. The third-order valence-electron chi connectivity index (χ3n) is 0.782. The van der Waals surface area contributed by atoms with Crippen LogP contribution in [0.15, 0.2) is 11.0 Å². The molecule has 0 amide bonds. The largest absolute Gasteiger partial charge is 0.259 e. The molecule has 0 unspecified atom stereocenters. The highest BCUT2D eigenvalue weighted by molar-refractivity contribution is 8.03. The molecule has 0 saturated heterocycles. The van der Waals surface area contributed by atoms with E-state index in [0.29, 0.717) is 0 Å². The average Bonchev–Trinajstić information content (AvgIpc) is 1.90. The molecule has 0 bridgehead atoms. The van der Waals surface area contributed by atoms with Gasteiger partial charge in [-0.15, -0.1) is 0 Å². The summed E-state index contributed by atoms with van der Waals surface area (Å²) in [5.41, 5.74) is 0. The van der Waals surface area contributed by atoms with Gasteiger partial charge >= 0.3 is 0 Å².